The largest absolute Gasteiger partial charge is 0.339 e. The van der Waals surface area contributed by atoms with E-state index in [9.17, 15) is 9.18 Å². The number of carbonyl (C=O) groups is 1. The van der Waals surface area contributed by atoms with Crippen molar-refractivity contribution >= 4 is 12.0 Å². The quantitative estimate of drug-likeness (QED) is 0.856. The molecule has 1 heterocycles. The maximum atomic E-state index is 12.8. The second-order valence-electron chi connectivity index (χ2n) is 5.24. The number of hydrogen-bond acceptors (Lipinski definition) is 2. The molecule has 1 saturated heterocycles. The third kappa shape index (κ3) is 4.17. The Morgan fingerprint density at radius 3 is 2.90 bits per heavy atom. The highest BCUT2D eigenvalue weighted by molar-refractivity contribution is 5.91. The molecule has 4 heteroatoms. The summed E-state index contributed by atoms with van der Waals surface area (Å²) < 4.78 is 12.8. The molecule has 20 heavy (non-hydrogen) atoms. The van der Waals surface area contributed by atoms with Crippen LogP contribution < -0.4 is 5.32 Å². The summed E-state index contributed by atoms with van der Waals surface area (Å²) in [5, 5.41) is 3.17. The van der Waals surface area contributed by atoms with Crippen molar-refractivity contribution in [2.24, 2.45) is 5.92 Å². The highest BCUT2D eigenvalue weighted by Crippen LogP contribution is 2.16. The van der Waals surface area contributed by atoms with Crippen LogP contribution in [0.5, 0.6) is 0 Å². The minimum Gasteiger partial charge on any atom is -0.339 e. The summed E-state index contributed by atoms with van der Waals surface area (Å²) in [7, 11) is 1.94. The number of halogens is 1. The van der Waals surface area contributed by atoms with Crippen LogP contribution in [0, 0.1) is 11.7 Å². The van der Waals surface area contributed by atoms with Crippen molar-refractivity contribution in [1.82, 2.24) is 10.2 Å². The summed E-state index contributed by atoms with van der Waals surface area (Å²) in [6, 6.07) is 6.13. The molecule has 0 bridgehead atoms. The first-order chi connectivity index (χ1) is 9.69. The molecular formula is C16H21FN2O. The Morgan fingerprint density at radius 2 is 2.20 bits per heavy atom. The lowest BCUT2D eigenvalue weighted by Gasteiger charge is -2.32. The predicted molar refractivity (Wildman–Crippen MR) is 78.7 cm³/mol. The predicted octanol–water partition coefficient (Wildman–Crippen LogP) is 2.30. The molecule has 1 aliphatic rings. The molecule has 0 unspecified atom stereocenters. The first-order valence-corrected chi connectivity index (χ1v) is 7.06. The molecule has 1 aliphatic heterocycles. The van der Waals surface area contributed by atoms with E-state index in [1.54, 1.807) is 24.3 Å². The van der Waals surface area contributed by atoms with Gasteiger partial charge in [0.05, 0.1) is 0 Å². The molecule has 1 aromatic carbocycles. The normalized spacial score (nSPS) is 19.5. The van der Waals surface area contributed by atoms with Crippen LogP contribution in [0.1, 0.15) is 18.4 Å². The molecule has 0 aromatic heterocycles. The van der Waals surface area contributed by atoms with Crippen LogP contribution in [0.3, 0.4) is 0 Å². The van der Waals surface area contributed by atoms with Gasteiger partial charge >= 0.3 is 0 Å². The second-order valence-corrected chi connectivity index (χ2v) is 5.24. The first-order valence-electron chi connectivity index (χ1n) is 7.06. The molecule has 108 valence electrons. The lowest BCUT2D eigenvalue weighted by molar-refractivity contribution is -0.127. The van der Waals surface area contributed by atoms with Gasteiger partial charge in [-0.25, -0.2) is 4.39 Å². The number of likely N-dealkylation sites (tertiary alicyclic amines) is 1. The molecule has 0 radical (unpaired) electrons. The third-order valence-electron chi connectivity index (χ3n) is 3.61. The molecule has 1 amide bonds. The summed E-state index contributed by atoms with van der Waals surface area (Å²) in [4.78, 5) is 14.0. The Balaban J connectivity index is 1.92. The van der Waals surface area contributed by atoms with Crippen LogP contribution in [0.2, 0.25) is 0 Å². The van der Waals surface area contributed by atoms with E-state index in [2.05, 4.69) is 5.32 Å². The van der Waals surface area contributed by atoms with E-state index in [1.807, 2.05) is 11.9 Å². The van der Waals surface area contributed by atoms with Gasteiger partial charge in [0.15, 0.2) is 0 Å². The van der Waals surface area contributed by atoms with Crippen LogP contribution in [-0.2, 0) is 4.79 Å². The van der Waals surface area contributed by atoms with Gasteiger partial charge in [-0.15, -0.1) is 0 Å². The molecular weight excluding hydrogens is 255 g/mol. The van der Waals surface area contributed by atoms with E-state index >= 15 is 0 Å². The van der Waals surface area contributed by atoms with Gasteiger partial charge in [-0.2, -0.15) is 0 Å². The van der Waals surface area contributed by atoms with Gasteiger partial charge in [0.25, 0.3) is 0 Å². The van der Waals surface area contributed by atoms with Crippen molar-refractivity contribution < 1.29 is 9.18 Å². The van der Waals surface area contributed by atoms with Gasteiger partial charge in [-0.05, 0) is 56.1 Å². The summed E-state index contributed by atoms with van der Waals surface area (Å²) in [5.41, 5.74) is 0.837. The average molecular weight is 276 g/mol. The van der Waals surface area contributed by atoms with E-state index in [4.69, 9.17) is 0 Å². The highest BCUT2D eigenvalue weighted by Gasteiger charge is 2.21. The molecule has 0 spiro atoms. The monoisotopic (exact) mass is 276 g/mol. The van der Waals surface area contributed by atoms with Crippen molar-refractivity contribution in [3.8, 4) is 0 Å². The maximum absolute atomic E-state index is 12.8. The second kappa shape index (κ2) is 7.20. The van der Waals surface area contributed by atoms with Crippen molar-refractivity contribution in [2.45, 2.75) is 12.8 Å². The Bertz CT molecular complexity index is 468. The summed E-state index contributed by atoms with van der Waals surface area (Å²) in [6.07, 6.45) is 5.55. The average Bonchev–Trinajstić information content (AvgIpc) is 2.47. The topological polar surface area (TPSA) is 32.3 Å². The molecule has 0 aliphatic carbocycles. The minimum atomic E-state index is -0.264. The minimum absolute atomic E-state index is 0.0372. The van der Waals surface area contributed by atoms with Crippen molar-refractivity contribution in [3.63, 3.8) is 0 Å². The van der Waals surface area contributed by atoms with Crippen LogP contribution in [0.15, 0.2) is 30.3 Å². The Morgan fingerprint density at radius 1 is 1.45 bits per heavy atom. The Labute approximate surface area is 119 Å². The number of piperidine rings is 1. The number of benzene rings is 1. The highest BCUT2D eigenvalue weighted by atomic mass is 19.1. The molecule has 1 aromatic rings. The number of nitrogens with zero attached hydrogens (tertiary/aromatic N) is 1. The molecule has 0 saturated carbocycles. The van der Waals surface area contributed by atoms with Crippen LogP contribution >= 0.6 is 0 Å². The van der Waals surface area contributed by atoms with E-state index in [-0.39, 0.29) is 11.7 Å². The zero-order valence-corrected chi connectivity index (χ0v) is 11.8. The fourth-order valence-electron chi connectivity index (χ4n) is 2.57. The Kier molecular flexibility index (Phi) is 5.30. The van der Waals surface area contributed by atoms with E-state index in [1.165, 1.54) is 18.6 Å². The van der Waals surface area contributed by atoms with Crippen molar-refractivity contribution in [3.05, 3.63) is 41.7 Å². The number of amides is 1. The molecule has 3 nitrogen and oxygen atoms in total. The third-order valence-corrected chi connectivity index (χ3v) is 3.61. The number of carbonyl (C=O) groups excluding carboxylic acids is 1. The smallest absolute Gasteiger partial charge is 0.246 e. The van der Waals surface area contributed by atoms with Gasteiger partial charge in [-0.1, -0.05) is 12.1 Å². The number of hydrogen-bond donors (Lipinski definition) is 1. The van der Waals surface area contributed by atoms with Crippen LogP contribution in [0.25, 0.3) is 6.08 Å². The molecule has 1 N–H and O–H groups in total. The SMILES string of the molecule is CNC[C@H]1CCCN(C(=O)/C=C/c2ccc(F)cc2)C1. The van der Waals surface area contributed by atoms with E-state index in [0.717, 1.165) is 31.6 Å². The number of rotatable bonds is 4. The number of nitrogens with one attached hydrogen (secondary N) is 1. The van der Waals surface area contributed by atoms with E-state index in [0.29, 0.717) is 5.92 Å². The Hall–Kier alpha value is -1.68. The zero-order valence-electron chi connectivity index (χ0n) is 11.8. The van der Waals surface area contributed by atoms with Gasteiger partial charge < -0.3 is 10.2 Å². The van der Waals surface area contributed by atoms with Crippen molar-refractivity contribution in [1.29, 1.82) is 0 Å². The zero-order chi connectivity index (χ0) is 14.4. The lowest BCUT2D eigenvalue weighted by atomic mass is 9.98. The summed E-state index contributed by atoms with van der Waals surface area (Å²) >= 11 is 0. The summed E-state index contributed by atoms with van der Waals surface area (Å²) in [5.74, 6) is 0.312. The molecule has 1 fully saturated rings. The fourth-order valence-corrected chi connectivity index (χ4v) is 2.57. The lowest BCUT2D eigenvalue weighted by Crippen LogP contribution is -2.41. The standard InChI is InChI=1S/C16H21FN2O/c1-18-11-14-3-2-10-19(12-14)16(20)9-6-13-4-7-15(17)8-5-13/h4-9,14,18H,2-3,10-12H2,1H3/b9-6+/t14-/m1/s1. The molecule has 1 atom stereocenters. The van der Waals surface area contributed by atoms with Crippen molar-refractivity contribution in [2.75, 3.05) is 26.7 Å². The van der Waals surface area contributed by atoms with Crippen LogP contribution in [0.4, 0.5) is 4.39 Å². The van der Waals surface area contributed by atoms with Gasteiger partial charge in [0.2, 0.25) is 5.91 Å². The van der Waals surface area contributed by atoms with Gasteiger partial charge in [0.1, 0.15) is 5.82 Å². The van der Waals surface area contributed by atoms with Gasteiger partial charge in [-0.3, -0.25) is 4.79 Å². The van der Waals surface area contributed by atoms with Crippen LogP contribution in [-0.4, -0.2) is 37.5 Å². The fraction of sp³-hybridized carbons (Fsp3) is 0.438. The summed E-state index contributed by atoms with van der Waals surface area (Å²) in [6.45, 7) is 2.59. The van der Waals surface area contributed by atoms with Gasteiger partial charge in [0, 0.05) is 19.2 Å². The first kappa shape index (κ1) is 14.7. The molecule has 2 rings (SSSR count). The maximum Gasteiger partial charge on any atom is 0.246 e. The van der Waals surface area contributed by atoms with E-state index < -0.39 is 0 Å².